The molecule has 0 aliphatic heterocycles. The molecule has 2 rings (SSSR count). The molecule has 0 unspecified atom stereocenters. The molecule has 1 heterocycles. The van der Waals surface area contributed by atoms with E-state index < -0.39 is 0 Å². The number of aromatic nitrogens is 1. The lowest BCUT2D eigenvalue weighted by Gasteiger charge is -2.17. The van der Waals surface area contributed by atoms with Crippen molar-refractivity contribution in [3.63, 3.8) is 0 Å². The molecule has 0 fully saturated rings. The summed E-state index contributed by atoms with van der Waals surface area (Å²) in [6.07, 6.45) is 2.04. The number of nitrogens with one attached hydrogen (secondary N) is 1. The van der Waals surface area contributed by atoms with E-state index in [0.717, 1.165) is 10.9 Å². The molecule has 0 radical (unpaired) electrons. The van der Waals surface area contributed by atoms with Gasteiger partial charge in [0.25, 0.3) is 0 Å². The van der Waals surface area contributed by atoms with Crippen LogP contribution in [0.3, 0.4) is 0 Å². The fraction of sp³-hybridized carbons (Fsp3) is 0.308. The quantitative estimate of drug-likeness (QED) is 0.617. The highest BCUT2D eigenvalue weighted by molar-refractivity contribution is 5.87. The number of fused-ring (bicyclic) bond motifs is 1. The minimum Gasteiger partial charge on any atom is -0.361 e. The average molecular weight is 198 g/mol. The molecule has 0 saturated carbocycles. The fourth-order valence-electron chi connectivity index (χ4n) is 1.80. The van der Waals surface area contributed by atoms with Crippen molar-refractivity contribution in [3.05, 3.63) is 41.4 Å². The molecule has 0 aliphatic carbocycles. The highest BCUT2D eigenvalue weighted by Gasteiger charge is 2.17. The topological polar surface area (TPSA) is 20.1 Å². The third-order valence-electron chi connectivity index (χ3n) is 2.60. The average Bonchev–Trinajstić information content (AvgIpc) is 2.59. The van der Waals surface area contributed by atoms with Crippen molar-refractivity contribution in [1.82, 2.24) is 4.98 Å². The van der Waals surface area contributed by atoms with Crippen LogP contribution in [0.4, 0.5) is 5.69 Å². The molecule has 1 N–H and O–H groups in total. The Morgan fingerprint density at radius 1 is 1.27 bits per heavy atom. The Kier molecular flexibility index (Phi) is 2.04. The monoisotopic (exact) mass is 198 g/mol. The van der Waals surface area contributed by atoms with Crippen molar-refractivity contribution in [3.8, 4) is 0 Å². The van der Waals surface area contributed by atoms with E-state index in [1.165, 1.54) is 5.56 Å². The standard InChI is InChI=1S/C13H14N2/c1-13(2,3)11-8-15-12-6-5-9(14-4)7-10(11)12/h5-8,15H,1-3H3. The number of benzene rings is 1. The van der Waals surface area contributed by atoms with Gasteiger partial charge in [-0.1, -0.05) is 26.8 Å². The van der Waals surface area contributed by atoms with E-state index in [1.54, 1.807) is 0 Å². The van der Waals surface area contributed by atoms with Crippen molar-refractivity contribution >= 4 is 16.6 Å². The Labute approximate surface area is 89.7 Å². The van der Waals surface area contributed by atoms with Crippen LogP contribution in [0.2, 0.25) is 0 Å². The summed E-state index contributed by atoms with van der Waals surface area (Å²) in [4.78, 5) is 6.70. The Balaban J connectivity index is 2.73. The molecule has 0 spiro atoms. The molecule has 2 nitrogen and oxygen atoms in total. The summed E-state index contributed by atoms with van der Waals surface area (Å²) in [5.74, 6) is 0. The summed E-state index contributed by atoms with van der Waals surface area (Å²) in [5.41, 5.74) is 3.18. The second-order valence-corrected chi connectivity index (χ2v) is 4.79. The summed E-state index contributed by atoms with van der Waals surface area (Å²) in [5, 5.41) is 1.16. The van der Waals surface area contributed by atoms with Gasteiger partial charge in [-0.15, -0.1) is 0 Å². The molecule has 0 bridgehead atoms. The predicted molar refractivity (Wildman–Crippen MR) is 63.3 cm³/mol. The SMILES string of the molecule is [C-]#[N+]c1ccc2[nH]cc(C(C)(C)C)c2c1. The minimum atomic E-state index is 0.110. The van der Waals surface area contributed by atoms with Crippen LogP contribution in [-0.2, 0) is 5.41 Å². The van der Waals surface area contributed by atoms with E-state index in [0.29, 0.717) is 5.69 Å². The highest BCUT2D eigenvalue weighted by atomic mass is 14.7. The minimum absolute atomic E-state index is 0.110. The molecule has 76 valence electrons. The molecule has 15 heavy (non-hydrogen) atoms. The van der Waals surface area contributed by atoms with Crippen LogP contribution in [0, 0.1) is 6.57 Å². The molecule has 2 aromatic rings. The van der Waals surface area contributed by atoms with Gasteiger partial charge in [0.05, 0.1) is 6.57 Å². The van der Waals surface area contributed by atoms with Crippen molar-refractivity contribution in [1.29, 1.82) is 0 Å². The number of hydrogen-bond donors (Lipinski definition) is 1. The van der Waals surface area contributed by atoms with Crippen LogP contribution >= 0.6 is 0 Å². The third kappa shape index (κ3) is 1.61. The van der Waals surface area contributed by atoms with Crippen LogP contribution in [0.25, 0.3) is 15.7 Å². The molecule has 1 aromatic heterocycles. The van der Waals surface area contributed by atoms with Gasteiger partial charge in [-0.25, -0.2) is 4.85 Å². The molecular formula is C13H14N2. The zero-order valence-electron chi connectivity index (χ0n) is 9.26. The zero-order valence-corrected chi connectivity index (χ0v) is 9.26. The van der Waals surface area contributed by atoms with E-state index in [1.807, 2.05) is 24.4 Å². The summed E-state index contributed by atoms with van der Waals surface area (Å²) in [6.45, 7) is 13.6. The van der Waals surface area contributed by atoms with Crippen LogP contribution < -0.4 is 0 Å². The van der Waals surface area contributed by atoms with Crippen molar-refractivity contribution in [2.45, 2.75) is 26.2 Å². The maximum absolute atomic E-state index is 7.01. The maximum Gasteiger partial charge on any atom is 0.187 e. The molecule has 0 aliphatic rings. The molecular weight excluding hydrogens is 184 g/mol. The van der Waals surface area contributed by atoms with E-state index in [-0.39, 0.29) is 5.41 Å². The summed E-state index contributed by atoms with van der Waals surface area (Å²) in [7, 11) is 0. The number of hydrogen-bond acceptors (Lipinski definition) is 0. The number of aromatic amines is 1. The second-order valence-electron chi connectivity index (χ2n) is 4.79. The van der Waals surface area contributed by atoms with Crippen LogP contribution in [0.5, 0.6) is 0 Å². The second kappa shape index (κ2) is 3.13. The van der Waals surface area contributed by atoms with Crippen LogP contribution in [0.1, 0.15) is 26.3 Å². The van der Waals surface area contributed by atoms with E-state index in [9.17, 15) is 0 Å². The van der Waals surface area contributed by atoms with Gasteiger partial charge >= 0.3 is 0 Å². The van der Waals surface area contributed by atoms with Crippen LogP contribution in [-0.4, -0.2) is 4.98 Å². The van der Waals surface area contributed by atoms with Gasteiger partial charge in [0.2, 0.25) is 0 Å². The first-order valence-corrected chi connectivity index (χ1v) is 5.01. The summed E-state index contributed by atoms with van der Waals surface area (Å²) < 4.78 is 0. The van der Waals surface area contributed by atoms with E-state index in [4.69, 9.17) is 6.57 Å². The zero-order chi connectivity index (χ0) is 11.1. The fourth-order valence-corrected chi connectivity index (χ4v) is 1.80. The van der Waals surface area contributed by atoms with Gasteiger partial charge in [-0.2, -0.15) is 0 Å². The first kappa shape index (κ1) is 9.79. The van der Waals surface area contributed by atoms with Crippen molar-refractivity contribution in [2.75, 3.05) is 0 Å². The number of H-pyrrole nitrogens is 1. The Morgan fingerprint density at radius 2 is 2.00 bits per heavy atom. The lowest BCUT2D eigenvalue weighted by Crippen LogP contribution is -2.09. The molecule has 2 heteroatoms. The van der Waals surface area contributed by atoms with Gasteiger partial charge in [-0.3, -0.25) is 0 Å². The van der Waals surface area contributed by atoms with Gasteiger partial charge < -0.3 is 4.98 Å². The Bertz CT molecular complexity index is 536. The first-order chi connectivity index (χ1) is 7.02. The lowest BCUT2D eigenvalue weighted by atomic mass is 9.87. The normalized spacial score (nSPS) is 11.6. The van der Waals surface area contributed by atoms with E-state index >= 15 is 0 Å². The van der Waals surface area contributed by atoms with E-state index in [2.05, 4.69) is 30.6 Å². The third-order valence-corrected chi connectivity index (χ3v) is 2.60. The largest absolute Gasteiger partial charge is 0.361 e. The maximum atomic E-state index is 7.01. The number of nitrogens with zero attached hydrogens (tertiary/aromatic N) is 1. The molecule has 0 atom stereocenters. The molecule has 0 saturated heterocycles. The van der Waals surface area contributed by atoms with Gasteiger partial charge in [-0.05, 0) is 28.5 Å². The number of rotatable bonds is 0. The van der Waals surface area contributed by atoms with Gasteiger partial charge in [0.1, 0.15) is 0 Å². The van der Waals surface area contributed by atoms with Gasteiger partial charge in [0.15, 0.2) is 5.69 Å². The first-order valence-electron chi connectivity index (χ1n) is 5.01. The summed E-state index contributed by atoms with van der Waals surface area (Å²) >= 11 is 0. The lowest BCUT2D eigenvalue weighted by molar-refractivity contribution is 0.596. The molecule has 1 aromatic carbocycles. The highest BCUT2D eigenvalue weighted by Crippen LogP contribution is 2.31. The van der Waals surface area contributed by atoms with Crippen LogP contribution in [0.15, 0.2) is 24.4 Å². The Hall–Kier alpha value is -1.75. The predicted octanol–water partition coefficient (Wildman–Crippen LogP) is 4.02. The summed E-state index contributed by atoms with van der Waals surface area (Å²) in [6, 6.07) is 5.77. The van der Waals surface area contributed by atoms with Crippen molar-refractivity contribution in [2.24, 2.45) is 0 Å². The smallest absolute Gasteiger partial charge is 0.187 e. The Morgan fingerprint density at radius 3 is 2.60 bits per heavy atom. The molecule has 0 amide bonds. The van der Waals surface area contributed by atoms with Gasteiger partial charge in [0, 0.05) is 11.7 Å². The van der Waals surface area contributed by atoms with Crippen molar-refractivity contribution < 1.29 is 0 Å².